The van der Waals surface area contributed by atoms with Crippen LogP contribution >= 0.6 is 0 Å². The van der Waals surface area contributed by atoms with Crippen LogP contribution in [0.4, 0.5) is 5.69 Å². The van der Waals surface area contributed by atoms with Gasteiger partial charge < -0.3 is 14.8 Å². The zero-order chi connectivity index (χ0) is 25.5. The number of hydrogen-bond donors (Lipinski definition) is 1. The van der Waals surface area contributed by atoms with E-state index in [9.17, 15) is 13.2 Å². The first-order valence-electron chi connectivity index (χ1n) is 11.4. The number of fused-ring (bicyclic) bond motifs is 1. The Morgan fingerprint density at radius 3 is 2.33 bits per heavy atom. The van der Waals surface area contributed by atoms with Crippen LogP contribution in [0.5, 0.6) is 11.5 Å². The van der Waals surface area contributed by atoms with Crippen molar-refractivity contribution in [1.82, 2.24) is 5.32 Å². The number of nitrogens with zero attached hydrogens (tertiary/aromatic N) is 1. The summed E-state index contributed by atoms with van der Waals surface area (Å²) in [6.45, 7) is 0.801. The molecular formula is C28H28N2O5S. The number of ether oxygens (including phenoxy) is 2. The normalized spacial score (nSPS) is 11.2. The Balaban J connectivity index is 1.39. The zero-order valence-corrected chi connectivity index (χ0v) is 21.0. The number of benzene rings is 4. The highest BCUT2D eigenvalue weighted by molar-refractivity contribution is 7.92. The van der Waals surface area contributed by atoms with Crippen LogP contribution < -0.4 is 19.1 Å². The van der Waals surface area contributed by atoms with E-state index < -0.39 is 10.0 Å². The van der Waals surface area contributed by atoms with E-state index in [1.54, 1.807) is 43.5 Å². The summed E-state index contributed by atoms with van der Waals surface area (Å²) >= 11 is 0. The van der Waals surface area contributed by atoms with Gasteiger partial charge in [-0.05, 0) is 41.3 Å². The molecule has 36 heavy (non-hydrogen) atoms. The molecule has 0 bridgehead atoms. The number of amides is 1. The van der Waals surface area contributed by atoms with E-state index in [0.717, 1.165) is 16.3 Å². The number of hydrogen-bond acceptors (Lipinski definition) is 5. The molecule has 7 nitrogen and oxygen atoms in total. The van der Waals surface area contributed by atoms with Crippen molar-refractivity contribution in [1.29, 1.82) is 0 Å². The van der Waals surface area contributed by atoms with Gasteiger partial charge in [0, 0.05) is 17.0 Å². The van der Waals surface area contributed by atoms with Gasteiger partial charge in [-0.2, -0.15) is 0 Å². The summed E-state index contributed by atoms with van der Waals surface area (Å²) in [4.78, 5) is 12.5. The minimum absolute atomic E-state index is 0.156. The van der Waals surface area contributed by atoms with Crippen LogP contribution in [-0.2, 0) is 16.6 Å². The minimum atomic E-state index is -3.54. The summed E-state index contributed by atoms with van der Waals surface area (Å²) < 4.78 is 37.6. The molecule has 0 atom stereocenters. The predicted octanol–water partition coefficient (Wildman–Crippen LogP) is 4.62. The molecule has 0 unspecified atom stereocenters. The number of sulfonamides is 1. The molecule has 186 valence electrons. The average Bonchev–Trinajstić information content (AvgIpc) is 2.89. The lowest BCUT2D eigenvalue weighted by atomic mass is 10.1. The second kappa shape index (κ2) is 11.1. The van der Waals surface area contributed by atoms with Crippen molar-refractivity contribution in [3.63, 3.8) is 0 Å². The van der Waals surface area contributed by atoms with E-state index in [-0.39, 0.29) is 12.5 Å². The fourth-order valence-electron chi connectivity index (χ4n) is 3.86. The first-order valence-corrected chi connectivity index (χ1v) is 13.3. The third-order valence-corrected chi connectivity index (χ3v) is 6.80. The Morgan fingerprint density at radius 2 is 1.58 bits per heavy atom. The van der Waals surface area contributed by atoms with Gasteiger partial charge in [0.25, 0.3) is 5.91 Å². The van der Waals surface area contributed by atoms with Gasteiger partial charge in [-0.15, -0.1) is 0 Å². The number of carbonyl (C=O) groups excluding carboxylic acids is 1. The van der Waals surface area contributed by atoms with E-state index >= 15 is 0 Å². The van der Waals surface area contributed by atoms with Crippen molar-refractivity contribution >= 4 is 32.4 Å². The Bertz CT molecular complexity index is 1450. The van der Waals surface area contributed by atoms with Gasteiger partial charge in [-0.1, -0.05) is 54.6 Å². The fourth-order valence-corrected chi connectivity index (χ4v) is 4.76. The fraction of sp³-hybridized carbons (Fsp3) is 0.179. The quantitative estimate of drug-likeness (QED) is 0.319. The van der Waals surface area contributed by atoms with Crippen molar-refractivity contribution in [3.8, 4) is 11.5 Å². The van der Waals surface area contributed by atoms with Gasteiger partial charge >= 0.3 is 0 Å². The molecule has 0 spiro atoms. The lowest BCUT2D eigenvalue weighted by molar-refractivity contribution is 0.0947. The third kappa shape index (κ3) is 6.14. The number of anilines is 1. The van der Waals surface area contributed by atoms with Gasteiger partial charge in [0.2, 0.25) is 10.0 Å². The maximum atomic E-state index is 12.7. The van der Waals surface area contributed by atoms with Gasteiger partial charge in [0.05, 0.1) is 32.1 Å². The van der Waals surface area contributed by atoms with Gasteiger partial charge in [0.1, 0.15) is 18.1 Å². The molecule has 1 amide bonds. The summed E-state index contributed by atoms with van der Waals surface area (Å²) in [5, 5.41) is 4.65. The number of nitrogens with one attached hydrogen (secondary N) is 1. The summed E-state index contributed by atoms with van der Waals surface area (Å²) in [5.74, 6) is 1.13. The van der Waals surface area contributed by atoms with Crippen LogP contribution in [-0.4, -0.2) is 40.8 Å². The first-order chi connectivity index (χ1) is 17.3. The van der Waals surface area contributed by atoms with Gasteiger partial charge in [-0.25, -0.2) is 8.42 Å². The lowest BCUT2D eigenvalue weighted by Gasteiger charge is -2.24. The van der Waals surface area contributed by atoms with Crippen molar-refractivity contribution in [2.45, 2.75) is 6.54 Å². The first kappa shape index (κ1) is 25.1. The number of rotatable bonds is 10. The molecule has 0 radical (unpaired) electrons. The third-order valence-electron chi connectivity index (χ3n) is 5.68. The molecule has 1 N–H and O–H groups in total. The molecular weight excluding hydrogens is 476 g/mol. The Morgan fingerprint density at radius 1 is 0.889 bits per heavy atom. The molecule has 0 saturated heterocycles. The van der Waals surface area contributed by atoms with Crippen molar-refractivity contribution in [3.05, 3.63) is 102 Å². The molecule has 0 aliphatic rings. The van der Waals surface area contributed by atoms with Crippen molar-refractivity contribution in [2.24, 2.45) is 0 Å². The van der Waals surface area contributed by atoms with Crippen LogP contribution in [0, 0.1) is 0 Å². The van der Waals surface area contributed by atoms with Crippen molar-refractivity contribution in [2.75, 3.05) is 30.8 Å². The topological polar surface area (TPSA) is 84.9 Å². The average molecular weight is 505 g/mol. The summed E-state index contributed by atoms with van der Waals surface area (Å²) in [6, 6.07) is 27.5. The molecule has 8 heteroatoms. The number of carbonyl (C=O) groups is 1. The summed E-state index contributed by atoms with van der Waals surface area (Å²) in [5.41, 5.74) is 1.87. The minimum Gasteiger partial charge on any atom is -0.497 e. The summed E-state index contributed by atoms with van der Waals surface area (Å²) in [6.07, 6.45) is 1.20. The van der Waals surface area contributed by atoms with E-state index in [1.807, 2.05) is 54.6 Å². The van der Waals surface area contributed by atoms with E-state index in [2.05, 4.69) is 5.32 Å². The van der Waals surface area contributed by atoms with Crippen LogP contribution in [0.1, 0.15) is 15.9 Å². The molecule has 0 fully saturated rings. The second-order valence-electron chi connectivity index (χ2n) is 8.25. The van der Waals surface area contributed by atoms with E-state index in [0.29, 0.717) is 35.9 Å². The standard InChI is InChI=1S/C28H28N2O5S/c1-34-24-9-6-10-25(19-24)35-18-17-29-28(31)23-15-13-21(14-16-23)20-30(36(2,32)33)27-12-5-8-22-7-3-4-11-26(22)27/h3-16,19H,17-18,20H2,1-2H3,(H,29,31). The molecule has 0 saturated carbocycles. The van der Waals surface area contributed by atoms with Crippen LogP contribution in [0.2, 0.25) is 0 Å². The second-order valence-corrected chi connectivity index (χ2v) is 10.2. The van der Waals surface area contributed by atoms with Gasteiger partial charge in [0.15, 0.2) is 0 Å². The Labute approximate surface area is 211 Å². The molecule has 0 aliphatic carbocycles. The van der Waals surface area contributed by atoms with Crippen LogP contribution in [0.25, 0.3) is 10.8 Å². The van der Waals surface area contributed by atoms with Crippen LogP contribution in [0.15, 0.2) is 91.0 Å². The van der Waals surface area contributed by atoms with Crippen LogP contribution in [0.3, 0.4) is 0 Å². The zero-order valence-electron chi connectivity index (χ0n) is 20.2. The van der Waals surface area contributed by atoms with Crippen molar-refractivity contribution < 1.29 is 22.7 Å². The maximum absolute atomic E-state index is 12.7. The Kier molecular flexibility index (Phi) is 7.75. The molecule has 0 aromatic heterocycles. The smallest absolute Gasteiger partial charge is 0.251 e. The van der Waals surface area contributed by atoms with E-state index in [4.69, 9.17) is 9.47 Å². The SMILES string of the molecule is COc1cccc(OCCNC(=O)c2ccc(CN(c3cccc4ccccc34)S(C)(=O)=O)cc2)c1. The number of methoxy groups -OCH3 is 1. The summed E-state index contributed by atoms with van der Waals surface area (Å²) in [7, 11) is -1.95. The monoisotopic (exact) mass is 504 g/mol. The predicted molar refractivity (Wildman–Crippen MR) is 142 cm³/mol. The highest BCUT2D eigenvalue weighted by atomic mass is 32.2. The highest BCUT2D eigenvalue weighted by Gasteiger charge is 2.20. The van der Waals surface area contributed by atoms with Gasteiger partial charge in [-0.3, -0.25) is 9.10 Å². The lowest BCUT2D eigenvalue weighted by Crippen LogP contribution is -2.30. The Hall–Kier alpha value is -4.04. The highest BCUT2D eigenvalue weighted by Crippen LogP contribution is 2.29. The largest absolute Gasteiger partial charge is 0.497 e. The maximum Gasteiger partial charge on any atom is 0.251 e. The molecule has 0 heterocycles. The molecule has 4 rings (SSSR count). The molecule has 0 aliphatic heterocycles. The molecule has 4 aromatic rings. The molecule has 4 aromatic carbocycles. The van der Waals surface area contributed by atoms with E-state index in [1.165, 1.54) is 10.6 Å².